The van der Waals surface area contributed by atoms with Crippen LogP contribution in [0.2, 0.25) is 0 Å². The van der Waals surface area contributed by atoms with E-state index in [1.807, 2.05) is 6.07 Å². The number of aromatic nitrogens is 1. The number of hydrogen-bond acceptors (Lipinski definition) is 1. The standard InChI is InChI=1S/C9H12N2O/c1-6-5-8-10-9(12)3-4-11(8)7(6)2/h5H,3-4H2,1-2H3,(H,10,12). The average Bonchev–Trinajstić information content (AvgIpc) is 2.28. The van der Waals surface area contributed by atoms with Gasteiger partial charge in [-0.15, -0.1) is 0 Å². The van der Waals surface area contributed by atoms with E-state index in [2.05, 4.69) is 23.7 Å². The van der Waals surface area contributed by atoms with Crippen LogP contribution in [0, 0.1) is 13.8 Å². The molecule has 0 saturated heterocycles. The lowest BCUT2D eigenvalue weighted by Crippen LogP contribution is -2.23. The summed E-state index contributed by atoms with van der Waals surface area (Å²) < 4.78 is 2.15. The van der Waals surface area contributed by atoms with Gasteiger partial charge in [0.2, 0.25) is 5.91 Å². The fraction of sp³-hybridized carbons (Fsp3) is 0.444. The number of anilines is 1. The first-order valence-electron chi connectivity index (χ1n) is 4.15. The number of carbonyl (C=O) groups excluding carboxylic acids is 1. The molecule has 0 aliphatic carbocycles. The summed E-state index contributed by atoms with van der Waals surface area (Å²) in [5.41, 5.74) is 2.50. The monoisotopic (exact) mass is 164 g/mol. The number of carbonyl (C=O) groups is 1. The van der Waals surface area contributed by atoms with Crippen LogP contribution in [0.3, 0.4) is 0 Å². The fourth-order valence-electron chi connectivity index (χ4n) is 1.59. The summed E-state index contributed by atoms with van der Waals surface area (Å²) in [5, 5.41) is 2.85. The van der Waals surface area contributed by atoms with Gasteiger partial charge in [0.05, 0.1) is 0 Å². The van der Waals surface area contributed by atoms with Crippen molar-refractivity contribution in [3.63, 3.8) is 0 Å². The zero-order chi connectivity index (χ0) is 8.72. The molecule has 0 radical (unpaired) electrons. The molecule has 0 saturated carbocycles. The minimum absolute atomic E-state index is 0.125. The van der Waals surface area contributed by atoms with E-state index < -0.39 is 0 Å². The summed E-state index contributed by atoms with van der Waals surface area (Å²) in [5.74, 6) is 1.07. The maximum absolute atomic E-state index is 11.0. The molecule has 12 heavy (non-hydrogen) atoms. The first kappa shape index (κ1) is 7.40. The molecule has 0 spiro atoms. The first-order chi connectivity index (χ1) is 5.68. The Balaban J connectivity index is 2.49. The molecule has 64 valence electrons. The van der Waals surface area contributed by atoms with E-state index in [1.165, 1.54) is 11.3 Å². The van der Waals surface area contributed by atoms with Crippen molar-refractivity contribution in [3.05, 3.63) is 17.3 Å². The van der Waals surface area contributed by atoms with Crippen LogP contribution in [0.1, 0.15) is 17.7 Å². The normalized spacial score (nSPS) is 15.7. The zero-order valence-electron chi connectivity index (χ0n) is 7.35. The molecule has 1 amide bonds. The summed E-state index contributed by atoms with van der Waals surface area (Å²) in [6.45, 7) is 4.96. The molecule has 1 aliphatic rings. The topological polar surface area (TPSA) is 34.0 Å². The van der Waals surface area contributed by atoms with Crippen molar-refractivity contribution in [3.8, 4) is 0 Å². The van der Waals surface area contributed by atoms with Gasteiger partial charge in [0.25, 0.3) is 0 Å². The van der Waals surface area contributed by atoms with E-state index in [0.29, 0.717) is 6.42 Å². The lowest BCUT2D eigenvalue weighted by atomic mass is 10.3. The van der Waals surface area contributed by atoms with Crippen LogP contribution in [0.25, 0.3) is 0 Å². The Morgan fingerprint density at radius 2 is 2.25 bits per heavy atom. The van der Waals surface area contributed by atoms with E-state index in [1.54, 1.807) is 0 Å². The molecule has 0 aromatic carbocycles. The maximum Gasteiger partial charge on any atom is 0.227 e. The highest BCUT2D eigenvalue weighted by atomic mass is 16.1. The number of rotatable bonds is 0. The van der Waals surface area contributed by atoms with Crippen LogP contribution in [-0.2, 0) is 11.3 Å². The Labute approximate surface area is 71.4 Å². The quantitative estimate of drug-likeness (QED) is 0.618. The predicted octanol–water partition coefficient (Wildman–Crippen LogP) is 1.45. The van der Waals surface area contributed by atoms with Crippen molar-refractivity contribution in [2.24, 2.45) is 0 Å². The third-order valence-electron chi connectivity index (χ3n) is 2.45. The van der Waals surface area contributed by atoms with Gasteiger partial charge in [0.1, 0.15) is 5.82 Å². The largest absolute Gasteiger partial charge is 0.331 e. The minimum atomic E-state index is 0.125. The minimum Gasteiger partial charge on any atom is -0.331 e. The van der Waals surface area contributed by atoms with Gasteiger partial charge in [0, 0.05) is 18.7 Å². The van der Waals surface area contributed by atoms with Crippen LogP contribution in [-0.4, -0.2) is 10.5 Å². The van der Waals surface area contributed by atoms with Crippen molar-refractivity contribution in [2.45, 2.75) is 26.8 Å². The number of nitrogens with one attached hydrogen (secondary N) is 1. The molecule has 1 aromatic rings. The Hall–Kier alpha value is -1.25. The van der Waals surface area contributed by atoms with Crippen molar-refractivity contribution < 1.29 is 4.79 Å². The summed E-state index contributed by atoms with van der Waals surface area (Å²) in [6.07, 6.45) is 0.599. The first-order valence-corrected chi connectivity index (χ1v) is 4.15. The molecule has 0 atom stereocenters. The summed E-state index contributed by atoms with van der Waals surface area (Å²) in [6, 6.07) is 2.02. The van der Waals surface area contributed by atoms with Gasteiger partial charge < -0.3 is 9.88 Å². The summed E-state index contributed by atoms with van der Waals surface area (Å²) >= 11 is 0. The molecule has 0 fully saturated rings. The van der Waals surface area contributed by atoms with Gasteiger partial charge in [-0.25, -0.2) is 0 Å². The molecule has 1 aromatic heterocycles. The van der Waals surface area contributed by atoms with E-state index in [4.69, 9.17) is 0 Å². The van der Waals surface area contributed by atoms with Gasteiger partial charge >= 0.3 is 0 Å². The second-order valence-corrected chi connectivity index (χ2v) is 3.25. The van der Waals surface area contributed by atoms with E-state index in [-0.39, 0.29) is 5.91 Å². The number of aryl methyl sites for hydroxylation is 1. The molecular weight excluding hydrogens is 152 g/mol. The SMILES string of the molecule is Cc1cc2n(c1C)CCC(=O)N2. The molecule has 2 heterocycles. The second kappa shape index (κ2) is 2.37. The van der Waals surface area contributed by atoms with E-state index in [0.717, 1.165) is 12.4 Å². The molecule has 1 aliphatic heterocycles. The lowest BCUT2D eigenvalue weighted by molar-refractivity contribution is -0.116. The highest BCUT2D eigenvalue weighted by molar-refractivity contribution is 5.91. The lowest BCUT2D eigenvalue weighted by Gasteiger charge is -2.17. The molecule has 0 unspecified atom stereocenters. The number of nitrogens with zero attached hydrogens (tertiary/aromatic N) is 1. The second-order valence-electron chi connectivity index (χ2n) is 3.25. The van der Waals surface area contributed by atoms with Crippen molar-refractivity contribution in [2.75, 3.05) is 5.32 Å². The Bertz CT molecular complexity index is 339. The molecule has 3 heteroatoms. The third-order valence-corrected chi connectivity index (χ3v) is 2.45. The number of fused-ring (bicyclic) bond motifs is 1. The number of amides is 1. The van der Waals surface area contributed by atoms with Crippen molar-refractivity contribution in [1.82, 2.24) is 4.57 Å². The van der Waals surface area contributed by atoms with Gasteiger partial charge in [-0.3, -0.25) is 4.79 Å². The molecule has 1 N–H and O–H groups in total. The van der Waals surface area contributed by atoms with Crippen LogP contribution >= 0.6 is 0 Å². The van der Waals surface area contributed by atoms with Crippen LogP contribution in [0.5, 0.6) is 0 Å². The zero-order valence-corrected chi connectivity index (χ0v) is 7.35. The molecular formula is C9H12N2O. The highest BCUT2D eigenvalue weighted by Crippen LogP contribution is 2.22. The van der Waals surface area contributed by atoms with Crippen LogP contribution < -0.4 is 5.32 Å². The molecule has 0 bridgehead atoms. The van der Waals surface area contributed by atoms with Crippen molar-refractivity contribution in [1.29, 1.82) is 0 Å². The smallest absolute Gasteiger partial charge is 0.227 e. The van der Waals surface area contributed by atoms with Gasteiger partial charge in [0.15, 0.2) is 0 Å². The van der Waals surface area contributed by atoms with Crippen LogP contribution in [0.4, 0.5) is 5.82 Å². The Kier molecular flexibility index (Phi) is 1.46. The Morgan fingerprint density at radius 1 is 1.50 bits per heavy atom. The van der Waals surface area contributed by atoms with Crippen LogP contribution in [0.15, 0.2) is 6.07 Å². The number of hydrogen-bond donors (Lipinski definition) is 1. The van der Waals surface area contributed by atoms with E-state index in [9.17, 15) is 4.79 Å². The third kappa shape index (κ3) is 0.932. The predicted molar refractivity (Wildman–Crippen MR) is 47.2 cm³/mol. The Morgan fingerprint density at radius 3 is 3.00 bits per heavy atom. The van der Waals surface area contributed by atoms with Gasteiger partial charge in [-0.1, -0.05) is 0 Å². The molecule has 3 nitrogen and oxygen atoms in total. The maximum atomic E-state index is 11.0. The molecule has 2 rings (SSSR count). The highest BCUT2D eigenvalue weighted by Gasteiger charge is 2.16. The van der Waals surface area contributed by atoms with E-state index >= 15 is 0 Å². The average molecular weight is 164 g/mol. The van der Waals surface area contributed by atoms with Gasteiger partial charge in [-0.2, -0.15) is 0 Å². The summed E-state index contributed by atoms with van der Waals surface area (Å²) in [7, 11) is 0. The van der Waals surface area contributed by atoms with Gasteiger partial charge in [-0.05, 0) is 25.5 Å². The van der Waals surface area contributed by atoms with Crippen molar-refractivity contribution >= 4 is 11.7 Å². The fourth-order valence-corrected chi connectivity index (χ4v) is 1.59. The summed E-state index contributed by atoms with van der Waals surface area (Å²) in [4.78, 5) is 11.0.